The summed E-state index contributed by atoms with van der Waals surface area (Å²) >= 11 is 0. The number of para-hydroxylation sites is 1. The molecule has 0 saturated carbocycles. The number of aliphatic hydroxyl groups excluding tert-OH is 1. The summed E-state index contributed by atoms with van der Waals surface area (Å²) in [6, 6.07) is 18.2. The van der Waals surface area contributed by atoms with Crippen LogP contribution in [0, 0.1) is 6.92 Å². The van der Waals surface area contributed by atoms with Gasteiger partial charge in [-0.3, -0.25) is 4.90 Å². The maximum atomic E-state index is 10.5. The molecule has 2 atom stereocenters. The van der Waals surface area contributed by atoms with E-state index >= 15 is 0 Å². The molecule has 0 radical (unpaired) electrons. The van der Waals surface area contributed by atoms with Gasteiger partial charge in [-0.15, -0.1) is 0 Å². The highest BCUT2D eigenvalue weighted by Crippen LogP contribution is 2.16. The summed E-state index contributed by atoms with van der Waals surface area (Å²) < 4.78 is 11.5. The van der Waals surface area contributed by atoms with Crippen LogP contribution >= 0.6 is 0 Å². The average Bonchev–Trinajstić information content (AvgIpc) is 3.14. The fraction of sp³-hybridized carbons (Fsp3) is 0.455. The molecule has 0 spiro atoms. The summed E-state index contributed by atoms with van der Waals surface area (Å²) in [6.45, 7) is 5.47. The molecular weight excluding hydrogens is 326 g/mol. The number of rotatable bonds is 9. The number of ether oxygens (including phenoxy) is 2. The fourth-order valence-electron chi connectivity index (χ4n) is 3.41. The van der Waals surface area contributed by atoms with E-state index in [0.717, 1.165) is 38.3 Å². The molecule has 1 fully saturated rings. The molecule has 140 valence electrons. The molecule has 1 aliphatic heterocycles. The Morgan fingerprint density at radius 3 is 2.77 bits per heavy atom. The Bertz CT molecular complexity index is 655. The Balaban J connectivity index is 1.56. The number of benzene rings is 2. The average molecular weight is 355 g/mol. The van der Waals surface area contributed by atoms with Gasteiger partial charge in [-0.25, -0.2) is 0 Å². The van der Waals surface area contributed by atoms with Gasteiger partial charge in [0, 0.05) is 26.2 Å². The number of aryl methyl sites for hydroxylation is 1. The van der Waals surface area contributed by atoms with Crippen molar-refractivity contribution < 1.29 is 14.6 Å². The van der Waals surface area contributed by atoms with Gasteiger partial charge in [-0.2, -0.15) is 0 Å². The van der Waals surface area contributed by atoms with Crippen molar-refractivity contribution >= 4 is 0 Å². The van der Waals surface area contributed by atoms with E-state index in [2.05, 4.69) is 36.1 Å². The lowest BCUT2D eigenvalue weighted by molar-refractivity contribution is 0.0313. The zero-order valence-corrected chi connectivity index (χ0v) is 15.5. The van der Waals surface area contributed by atoms with Crippen LogP contribution in [0.1, 0.15) is 24.0 Å². The van der Waals surface area contributed by atoms with Crippen molar-refractivity contribution in [3.8, 4) is 5.75 Å². The Morgan fingerprint density at radius 2 is 2.04 bits per heavy atom. The molecule has 4 nitrogen and oxygen atoms in total. The monoisotopic (exact) mass is 355 g/mol. The van der Waals surface area contributed by atoms with Gasteiger partial charge in [0.1, 0.15) is 18.5 Å². The Kier molecular flexibility index (Phi) is 7.06. The van der Waals surface area contributed by atoms with Gasteiger partial charge in [0.05, 0.1) is 6.10 Å². The Hall–Kier alpha value is -1.88. The number of aliphatic hydroxyl groups is 1. The van der Waals surface area contributed by atoms with E-state index in [1.165, 1.54) is 11.1 Å². The van der Waals surface area contributed by atoms with Crippen LogP contribution in [0.15, 0.2) is 54.6 Å². The van der Waals surface area contributed by atoms with Crippen LogP contribution in [0.2, 0.25) is 0 Å². The minimum absolute atomic E-state index is 0.266. The van der Waals surface area contributed by atoms with Crippen molar-refractivity contribution in [2.24, 2.45) is 0 Å². The highest BCUT2D eigenvalue weighted by Gasteiger charge is 2.21. The van der Waals surface area contributed by atoms with Crippen molar-refractivity contribution in [1.29, 1.82) is 0 Å². The molecular formula is C22H29NO3. The van der Waals surface area contributed by atoms with Crippen LogP contribution in [-0.2, 0) is 11.3 Å². The van der Waals surface area contributed by atoms with E-state index in [9.17, 15) is 5.11 Å². The topological polar surface area (TPSA) is 41.9 Å². The van der Waals surface area contributed by atoms with Gasteiger partial charge < -0.3 is 14.6 Å². The maximum Gasteiger partial charge on any atom is 0.119 e. The first-order valence-electron chi connectivity index (χ1n) is 9.44. The van der Waals surface area contributed by atoms with E-state index < -0.39 is 6.10 Å². The predicted octanol–water partition coefficient (Wildman–Crippen LogP) is 3.42. The molecule has 1 aliphatic rings. The van der Waals surface area contributed by atoms with Crippen molar-refractivity contribution in [1.82, 2.24) is 4.90 Å². The van der Waals surface area contributed by atoms with Gasteiger partial charge in [-0.05, 0) is 37.5 Å². The van der Waals surface area contributed by atoms with Gasteiger partial charge in [0.2, 0.25) is 0 Å². The summed E-state index contributed by atoms with van der Waals surface area (Å²) in [5.74, 6) is 0.788. The van der Waals surface area contributed by atoms with E-state index in [0.29, 0.717) is 13.2 Å². The Morgan fingerprint density at radius 1 is 1.19 bits per heavy atom. The summed E-state index contributed by atoms with van der Waals surface area (Å²) in [5.41, 5.74) is 2.52. The van der Waals surface area contributed by atoms with Gasteiger partial charge in [0.25, 0.3) is 0 Å². The normalized spacial score (nSPS) is 18.2. The second-order valence-electron chi connectivity index (χ2n) is 7.10. The van der Waals surface area contributed by atoms with E-state index in [4.69, 9.17) is 9.47 Å². The third-order valence-corrected chi connectivity index (χ3v) is 4.63. The highest BCUT2D eigenvalue weighted by atomic mass is 16.5. The van der Waals surface area contributed by atoms with Gasteiger partial charge in [-0.1, -0.05) is 48.0 Å². The molecule has 1 N–H and O–H groups in total. The minimum Gasteiger partial charge on any atom is -0.491 e. The largest absolute Gasteiger partial charge is 0.491 e. The van der Waals surface area contributed by atoms with Gasteiger partial charge in [0.15, 0.2) is 0 Å². The van der Waals surface area contributed by atoms with Crippen LogP contribution in [0.4, 0.5) is 0 Å². The van der Waals surface area contributed by atoms with Crippen LogP contribution < -0.4 is 4.74 Å². The molecule has 0 amide bonds. The van der Waals surface area contributed by atoms with Crippen molar-refractivity contribution in [3.63, 3.8) is 0 Å². The fourth-order valence-corrected chi connectivity index (χ4v) is 3.41. The summed E-state index contributed by atoms with van der Waals surface area (Å²) in [7, 11) is 0. The van der Waals surface area contributed by atoms with E-state index in [-0.39, 0.29) is 6.10 Å². The molecule has 2 aromatic rings. The summed E-state index contributed by atoms with van der Waals surface area (Å²) in [5, 5.41) is 10.5. The van der Waals surface area contributed by atoms with Gasteiger partial charge >= 0.3 is 0 Å². The lowest BCUT2D eigenvalue weighted by Gasteiger charge is -2.27. The quantitative estimate of drug-likeness (QED) is 0.748. The molecule has 4 heteroatoms. The highest BCUT2D eigenvalue weighted by molar-refractivity contribution is 5.22. The third-order valence-electron chi connectivity index (χ3n) is 4.63. The first-order chi connectivity index (χ1) is 12.7. The van der Waals surface area contributed by atoms with Crippen LogP contribution in [0.3, 0.4) is 0 Å². The first-order valence-corrected chi connectivity index (χ1v) is 9.44. The summed E-state index contributed by atoms with van der Waals surface area (Å²) in [4.78, 5) is 2.28. The lowest BCUT2D eigenvalue weighted by atomic mass is 10.1. The first kappa shape index (κ1) is 18.9. The molecule has 26 heavy (non-hydrogen) atoms. The molecule has 1 heterocycles. The standard InChI is InChI=1S/C22H29NO3/c1-18-7-5-8-19(13-18)14-23(16-22-11-6-12-25-22)15-20(24)17-26-21-9-3-2-4-10-21/h2-5,7-10,13,20,22,24H,6,11-12,14-17H2,1H3/t20-,22-/m1/s1. The second kappa shape index (κ2) is 9.72. The molecule has 1 saturated heterocycles. The zero-order valence-electron chi connectivity index (χ0n) is 15.5. The third kappa shape index (κ3) is 6.13. The van der Waals surface area contributed by atoms with E-state index in [1.54, 1.807) is 0 Å². The predicted molar refractivity (Wildman–Crippen MR) is 103 cm³/mol. The number of hydrogen-bond acceptors (Lipinski definition) is 4. The summed E-state index contributed by atoms with van der Waals surface area (Å²) in [6.07, 6.45) is 1.95. The number of nitrogens with zero attached hydrogens (tertiary/aromatic N) is 1. The van der Waals surface area contributed by atoms with Crippen LogP contribution in [0.25, 0.3) is 0 Å². The lowest BCUT2D eigenvalue weighted by Crippen LogP contribution is -2.39. The van der Waals surface area contributed by atoms with Crippen molar-refractivity contribution in [3.05, 3.63) is 65.7 Å². The number of hydrogen-bond donors (Lipinski definition) is 1. The van der Waals surface area contributed by atoms with Crippen molar-refractivity contribution in [2.75, 3.05) is 26.3 Å². The molecule has 0 aromatic heterocycles. The zero-order chi connectivity index (χ0) is 18.2. The molecule has 0 unspecified atom stereocenters. The minimum atomic E-state index is -0.540. The molecule has 0 aliphatic carbocycles. The maximum absolute atomic E-state index is 10.5. The van der Waals surface area contributed by atoms with Crippen LogP contribution in [-0.4, -0.2) is 48.5 Å². The van der Waals surface area contributed by atoms with E-state index in [1.807, 2.05) is 30.3 Å². The molecule has 2 aromatic carbocycles. The smallest absolute Gasteiger partial charge is 0.119 e. The Labute approximate surface area is 156 Å². The SMILES string of the molecule is Cc1cccc(CN(C[C@@H](O)COc2ccccc2)C[C@H]2CCCO2)c1. The molecule has 0 bridgehead atoms. The second-order valence-corrected chi connectivity index (χ2v) is 7.10. The molecule has 3 rings (SSSR count). The van der Waals surface area contributed by atoms with Crippen molar-refractivity contribution in [2.45, 2.75) is 38.5 Å². The van der Waals surface area contributed by atoms with Crippen LogP contribution in [0.5, 0.6) is 5.75 Å².